The first-order valence-electron chi connectivity index (χ1n) is 9.16. The molecule has 152 valence electrons. The Balaban J connectivity index is 1.89. The van der Waals surface area contributed by atoms with Crippen molar-refractivity contribution in [1.82, 2.24) is 14.8 Å². The van der Waals surface area contributed by atoms with Crippen LogP contribution in [0.1, 0.15) is 5.56 Å². The number of nitrogens with two attached hydrogens (primary N) is 1. The van der Waals surface area contributed by atoms with Crippen molar-refractivity contribution < 1.29 is 14.1 Å². The summed E-state index contributed by atoms with van der Waals surface area (Å²) in [5, 5.41) is 20.0. The van der Waals surface area contributed by atoms with E-state index in [1.54, 1.807) is 42.4 Å². The first kappa shape index (κ1) is 20.0. The highest BCUT2D eigenvalue weighted by molar-refractivity contribution is 7.82. The minimum atomic E-state index is -1.69. The summed E-state index contributed by atoms with van der Waals surface area (Å²) in [6, 6.07) is 18.6. The van der Waals surface area contributed by atoms with E-state index in [4.69, 9.17) is 15.0 Å². The van der Waals surface area contributed by atoms with Crippen molar-refractivity contribution in [1.29, 1.82) is 0 Å². The highest BCUT2D eigenvalue weighted by Gasteiger charge is 2.15. The van der Waals surface area contributed by atoms with Gasteiger partial charge in [-0.3, -0.25) is 4.98 Å². The highest BCUT2D eigenvalue weighted by Crippen LogP contribution is 2.30. The summed E-state index contributed by atoms with van der Waals surface area (Å²) >= 11 is 0. The van der Waals surface area contributed by atoms with Crippen LogP contribution in [-0.2, 0) is 17.6 Å². The Labute approximate surface area is 176 Å². The Morgan fingerprint density at radius 2 is 1.90 bits per heavy atom. The lowest BCUT2D eigenvalue weighted by atomic mass is 10.1. The van der Waals surface area contributed by atoms with Crippen molar-refractivity contribution in [3.05, 3.63) is 78.6 Å². The second-order valence-electron chi connectivity index (χ2n) is 6.54. The predicted octanol–water partition coefficient (Wildman–Crippen LogP) is 3.08. The molecule has 1 atom stereocenters. The van der Waals surface area contributed by atoms with Gasteiger partial charge in [0.15, 0.2) is 0 Å². The number of hydrogen-bond donors (Lipinski definition) is 2. The van der Waals surface area contributed by atoms with Crippen molar-refractivity contribution in [2.75, 3.05) is 7.11 Å². The number of benzene rings is 2. The SMILES string of the molecule is COc1ccc(-c2cc(-c3cccnc3)nn2-c2ccc(S(N)=O)c(CO)c2)cc1. The lowest BCUT2D eigenvalue weighted by molar-refractivity contribution is 0.278. The van der Waals surface area contributed by atoms with Crippen molar-refractivity contribution in [3.8, 4) is 34.0 Å². The van der Waals surface area contributed by atoms with E-state index < -0.39 is 11.0 Å². The number of aliphatic hydroxyl groups is 1. The fraction of sp³-hybridized carbons (Fsp3) is 0.0909. The maximum atomic E-state index is 11.7. The molecule has 8 heteroatoms. The van der Waals surface area contributed by atoms with Crippen LogP contribution < -0.4 is 9.88 Å². The first-order chi connectivity index (χ1) is 14.6. The van der Waals surface area contributed by atoms with Crippen LogP contribution in [0, 0.1) is 0 Å². The highest BCUT2D eigenvalue weighted by atomic mass is 32.2. The fourth-order valence-electron chi connectivity index (χ4n) is 3.22. The Hall–Kier alpha value is -3.33. The van der Waals surface area contributed by atoms with Gasteiger partial charge >= 0.3 is 0 Å². The van der Waals surface area contributed by atoms with Gasteiger partial charge in [0.2, 0.25) is 0 Å². The normalized spacial score (nSPS) is 12.0. The number of hydrogen-bond acceptors (Lipinski definition) is 5. The van der Waals surface area contributed by atoms with Gasteiger partial charge in [-0.2, -0.15) is 5.10 Å². The molecule has 4 aromatic rings. The fourth-order valence-corrected chi connectivity index (χ4v) is 3.80. The third-order valence-electron chi connectivity index (χ3n) is 4.73. The predicted molar refractivity (Wildman–Crippen MR) is 115 cm³/mol. The molecule has 0 aliphatic carbocycles. The zero-order chi connectivity index (χ0) is 21.1. The minimum absolute atomic E-state index is 0.277. The molecule has 0 aliphatic heterocycles. The van der Waals surface area contributed by atoms with Gasteiger partial charge in [-0.05, 0) is 66.2 Å². The molecular formula is C22H20N4O3S. The second-order valence-corrected chi connectivity index (χ2v) is 7.58. The molecule has 4 rings (SSSR count). The lowest BCUT2D eigenvalue weighted by Crippen LogP contribution is -2.08. The summed E-state index contributed by atoms with van der Waals surface area (Å²) in [6.07, 6.45) is 3.47. The smallest absolute Gasteiger partial charge is 0.122 e. The minimum Gasteiger partial charge on any atom is -0.497 e. The molecule has 1 unspecified atom stereocenters. The Morgan fingerprint density at radius 3 is 2.53 bits per heavy atom. The topological polar surface area (TPSA) is 103 Å². The maximum Gasteiger partial charge on any atom is 0.122 e. The molecule has 0 amide bonds. The molecule has 3 N–H and O–H groups in total. The van der Waals surface area contributed by atoms with E-state index >= 15 is 0 Å². The summed E-state index contributed by atoms with van der Waals surface area (Å²) in [6.45, 7) is -0.277. The first-order valence-corrected chi connectivity index (χ1v) is 10.4. The quantitative estimate of drug-likeness (QED) is 0.499. The van der Waals surface area contributed by atoms with Crippen molar-refractivity contribution >= 4 is 11.0 Å². The van der Waals surface area contributed by atoms with Gasteiger partial charge in [-0.1, -0.05) is 0 Å². The molecule has 0 fully saturated rings. The van der Waals surface area contributed by atoms with Gasteiger partial charge < -0.3 is 9.84 Å². The molecule has 0 saturated carbocycles. The largest absolute Gasteiger partial charge is 0.497 e. The number of pyridine rings is 1. The van der Waals surface area contributed by atoms with Crippen LogP contribution in [0.2, 0.25) is 0 Å². The van der Waals surface area contributed by atoms with E-state index in [9.17, 15) is 9.32 Å². The van der Waals surface area contributed by atoms with Gasteiger partial charge in [-0.15, -0.1) is 0 Å². The number of methoxy groups -OCH3 is 1. The Kier molecular flexibility index (Phi) is 5.71. The molecule has 0 radical (unpaired) electrons. The maximum absolute atomic E-state index is 11.7. The summed E-state index contributed by atoms with van der Waals surface area (Å²) in [5.41, 5.74) is 4.64. The average Bonchev–Trinajstić information content (AvgIpc) is 3.24. The van der Waals surface area contributed by atoms with Gasteiger partial charge in [-0.25, -0.2) is 14.0 Å². The van der Waals surface area contributed by atoms with Gasteiger partial charge in [0.05, 0.1) is 35.7 Å². The number of nitrogens with zero attached hydrogens (tertiary/aromatic N) is 3. The molecular weight excluding hydrogens is 400 g/mol. The van der Waals surface area contributed by atoms with E-state index in [1.807, 2.05) is 42.5 Å². The van der Waals surface area contributed by atoms with Crippen LogP contribution in [-0.4, -0.2) is 31.2 Å². The second kappa shape index (κ2) is 8.58. The van der Waals surface area contributed by atoms with Crippen molar-refractivity contribution in [2.24, 2.45) is 5.14 Å². The molecule has 2 aromatic carbocycles. The third-order valence-corrected chi connectivity index (χ3v) is 5.56. The molecule has 0 bridgehead atoms. The van der Waals surface area contributed by atoms with Crippen molar-refractivity contribution in [3.63, 3.8) is 0 Å². The van der Waals surface area contributed by atoms with E-state index in [2.05, 4.69) is 4.98 Å². The summed E-state index contributed by atoms with van der Waals surface area (Å²) < 4.78 is 18.8. The van der Waals surface area contributed by atoms with Crippen molar-refractivity contribution in [2.45, 2.75) is 11.5 Å². The number of ether oxygens (including phenoxy) is 1. The van der Waals surface area contributed by atoms with Gasteiger partial charge in [0.25, 0.3) is 0 Å². The van der Waals surface area contributed by atoms with Crippen LogP contribution in [0.25, 0.3) is 28.2 Å². The lowest BCUT2D eigenvalue weighted by Gasteiger charge is -2.11. The van der Waals surface area contributed by atoms with Gasteiger partial charge in [0.1, 0.15) is 16.7 Å². The number of aromatic nitrogens is 3. The monoisotopic (exact) mass is 420 g/mol. The zero-order valence-electron chi connectivity index (χ0n) is 16.2. The molecule has 0 saturated heterocycles. The Morgan fingerprint density at radius 1 is 1.10 bits per heavy atom. The van der Waals surface area contributed by atoms with Gasteiger partial charge in [0, 0.05) is 23.5 Å². The molecule has 0 aliphatic rings. The zero-order valence-corrected chi connectivity index (χ0v) is 17.0. The molecule has 2 heterocycles. The van der Waals surface area contributed by atoms with E-state index in [0.29, 0.717) is 16.1 Å². The van der Waals surface area contributed by atoms with Crippen LogP contribution in [0.5, 0.6) is 5.75 Å². The van der Waals surface area contributed by atoms with E-state index in [-0.39, 0.29) is 6.61 Å². The standard InChI is InChI=1S/C22H20N4O3S/c1-29-19-7-4-15(5-8-19)21-12-20(16-3-2-10-24-13-16)25-26(21)18-6-9-22(30(23)28)17(11-18)14-27/h2-13,27H,14,23H2,1H3. The van der Waals surface area contributed by atoms with Crippen LogP contribution in [0.3, 0.4) is 0 Å². The summed E-state index contributed by atoms with van der Waals surface area (Å²) in [4.78, 5) is 4.58. The molecule has 30 heavy (non-hydrogen) atoms. The van der Waals surface area contributed by atoms with Crippen LogP contribution >= 0.6 is 0 Å². The van der Waals surface area contributed by atoms with E-state index in [0.717, 1.165) is 28.3 Å². The molecule has 0 spiro atoms. The Bertz CT molecular complexity index is 1190. The van der Waals surface area contributed by atoms with Crippen LogP contribution in [0.15, 0.2) is 78.0 Å². The molecule has 2 aromatic heterocycles. The van der Waals surface area contributed by atoms with E-state index in [1.165, 1.54) is 0 Å². The molecule has 7 nitrogen and oxygen atoms in total. The average molecular weight is 420 g/mol. The summed E-state index contributed by atoms with van der Waals surface area (Å²) in [5.74, 6) is 0.759. The van der Waals surface area contributed by atoms with Crippen LogP contribution in [0.4, 0.5) is 0 Å². The summed E-state index contributed by atoms with van der Waals surface area (Å²) in [7, 11) is -0.0623. The third kappa shape index (κ3) is 3.88. The number of rotatable bonds is 6. The number of aliphatic hydroxyl groups excluding tert-OH is 1.